The van der Waals surface area contributed by atoms with Crippen LogP contribution >= 0.6 is 0 Å². The van der Waals surface area contributed by atoms with E-state index in [0.717, 1.165) is 25.9 Å². The molecule has 1 N–H and O–H groups in total. The van der Waals surface area contributed by atoms with E-state index in [4.69, 9.17) is 6.42 Å². The molecule has 0 spiro atoms. The minimum atomic E-state index is -3.03. The summed E-state index contributed by atoms with van der Waals surface area (Å²) in [5.41, 5.74) is 0.560. The number of likely N-dealkylation sites (tertiary alicyclic amines) is 1. The highest BCUT2D eigenvalue weighted by Crippen LogP contribution is 2.24. The third kappa shape index (κ3) is 4.57. The summed E-state index contributed by atoms with van der Waals surface area (Å²) in [7, 11) is 0. The lowest BCUT2D eigenvalue weighted by Crippen LogP contribution is -2.39. The second kappa shape index (κ2) is 7.23. The molecule has 0 atom stereocenters. The average molecular weight is 298 g/mol. The van der Waals surface area contributed by atoms with Crippen LogP contribution in [0.2, 0.25) is 0 Å². The molecule has 1 aliphatic heterocycles. The smallest absolute Gasteiger partial charge is 0.387 e. The first-order chi connectivity index (χ1) is 10.1. The fourth-order valence-corrected chi connectivity index (χ4v) is 2.38. The van der Waals surface area contributed by atoms with Gasteiger partial charge in [-0.15, -0.1) is 6.42 Å². The molecule has 6 heteroatoms. The van der Waals surface area contributed by atoms with Crippen molar-refractivity contribution >= 4 is 5.69 Å². The third-order valence-electron chi connectivity index (χ3n) is 3.42. The number of piperidine rings is 1. The van der Waals surface area contributed by atoms with Crippen molar-refractivity contribution in [3.63, 3.8) is 0 Å². The van der Waals surface area contributed by atoms with Crippen molar-refractivity contribution in [3.05, 3.63) is 24.0 Å². The molecule has 1 heterocycles. The number of hydrogen-bond acceptors (Lipinski definition) is 3. The number of nitrogens with zero attached hydrogens (tertiary/aromatic N) is 1. The maximum Gasteiger partial charge on any atom is 0.387 e. The zero-order chi connectivity index (χ0) is 15.2. The topological polar surface area (TPSA) is 24.5 Å². The molecule has 3 nitrogen and oxygen atoms in total. The minimum Gasteiger partial charge on any atom is -0.432 e. The van der Waals surface area contributed by atoms with Crippen molar-refractivity contribution in [2.45, 2.75) is 25.5 Å². The summed E-state index contributed by atoms with van der Waals surface area (Å²) in [6.07, 6.45) is 7.07. The summed E-state index contributed by atoms with van der Waals surface area (Å²) in [5, 5.41) is 3.20. The number of anilines is 1. The largest absolute Gasteiger partial charge is 0.432 e. The molecule has 1 aromatic carbocycles. The number of hydrogen-bond donors (Lipinski definition) is 1. The Morgan fingerprint density at radius 3 is 2.67 bits per heavy atom. The monoisotopic (exact) mass is 298 g/mol. The van der Waals surface area contributed by atoms with Crippen LogP contribution in [0.3, 0.4) is 0 Å². The second-order valence-electron chi connectivity index (χ2n) is 4.92. The summed E-state index contributed by atoms with van der Waals surface area (Å²) in [6.45, 7) is -0.617. The maximum absolute atomic E-state index is 13.6. The second-order valence-corrected chi connectivity index (χ2v) is 4.92. The molecule has 0 aromatic heterocycles. The summed E-state index contributed by atoms with van der Waals surface area (Å²) in [5.74, 6) is 1.37. The molecule has 0 aliphatic carbocycles. The van der Waals surface area contributed by atoms with Gasteiger partial charge in [0.1, 0.15) is 0 Å². The Morgan fingerprint density at radius 1 is 1.38 bits per heavy atom. The van der Waals surface area contributed by atoms with Gasteiger partial charge in [-0.1, -0.05) is 5.92 Å². The number of nitrogens with one attached hydrogen (secondary N) is 1. The van der Waals surface area contributed by atoms with Gasteiger partial charge in [-0.05, 0) is 25.0 Å². The molecule has 1 fully saturated rings. The van der Waals surface area contributed by atoms with Crippen LogP contribution in [0.4, 0.5) is 18.9 Å². The Hall–Kier alpha value is -1.87. The molecule has 1 aromatic rings. The van der Waals surface area contributed by atoms with Crippen LogP contribution in [0, 0.1) is 18.2 Å². The Morgan fingerprint density at radius 2 is 2.10 bits per heavy atom. The first kappa shape index (κ1) is 15.5. The molecular weight excluding hydrogens is 281 g/mol. The van der Waals surface area contributed by atoms with E-state index in [1.165, 1.54) is 18.2 Å². The van der Waals surface area contributed by atoms with Crippen LogP contribution < -0.4 is 10.1 Å². The van der Waals surface area contributed by atoms with E-state index >= 15 is 0 Å². The fourth-order valence-electron chi connectivity index (χ4n) is 2.38. The van der Waals surface area contributed by atoms with Gasteiger partial charge < -0.3 is 10.1 Å². The standard InChI is InChI=1S/C15H17F3N2O/c1-2-7-20-8-5-11(6-9-20)19-12-3-4-14(13(16)10-12)21-15(17)18/h1,3-4,10-11,15,19H,5-9H2. The van der Waals surface area contributed by atoms with E-state index in [1.807, 2.05) is 0 Å². The zero-order valence-electron chi connectivity index (χ0n) is 11.5. The molecule has 0 radical (unpaired) electrons. The number of terminal acetylenes is 1. The number of rotatable bonds is 5. The Bertz CT molecular complexity index is 508. The number of halogens is 3. The predicted octanol–water partition coefficient (Wildman–Crippen LogP) is 2.94. The van der Waals surface area contributed by atoms with E-state index in [0.29, 0.717) is 12.2 Å². The van der Waals surface area contributed by atoms with Crippen molar-refractivity contribution in [2.24, 2.45) is 0 Å². The normalized spacial score (nSPS) is 16.7. The SMILES string of the molecule is C#CCN1CCC(Nc2ccc(OC(F)F)c(F)c2)CC1. The quantitative estimate of drug-likeness (QED) is 0.846. The first-order valence-electron chi connectivity index (χ1n) is 6.75. The molecule has 2 rings (SSSR count). The summed E-state index contributed by atoms with van der Waals surface area (Å²) in [4.78, 5) is 2.18. The van der Waals surface area contributed by atoms with Crippen molar-refractivity contribution in [1.82, 2.24) is 4.90 Å². The predicted molar refractivity (Wildman–Crippen MR) is 74.9 cm³/mol. The third-order valence-corrected chi connectivity index (χ3v) is 3.42. The molecule has 0 amide bonds. The van der Waals surface area contributed by atoms with Crippen molar-refractivity contribution in [3.8, 4) is 18.1 Å². The van der Waals surface area contributed by atoms with Gasteiger partial charge in [0.05, 0.1) is 6.54 Å². The average Bonchev–Trinajstić information content (AvgIpc) is 2.44. The van der Waals surface area contributed by atoms with Crippen LogP contribution in [0.5, 0.6) is 5.75 Å². The molecule has 0 bridgehead atoms. The summed E-state index contributed by atoms with van der Waals surface area (Å²) in [6, 6.07) is 4.14. The Balaban J connectivity index is 1.89. The van der Waals surface area contributed by atoms with Gasteiger partial charge >= 0.3 is 6.61 Å². The van der Waals surface area contributed by atoms with Crippen LogP contribution in [0.1, 0.15) is 12.8 Å². The van der Waals surface area contributed by atoms with Crippen molar-refractivity contribution in [1.29, 1.82) is 0 Å². The Kier molecular flexibility index (Phi) is 5.34. The lowest BCUT2D eigenvalue weighted by Gasteiger charge is -2.31. The number of benzene rings is 1. The lowest BCUT2D eigenvalue weighted by molar-refractivity contribution is -0.0521. The first-order valence-corrected chi connectivity index (χ1v) is 6.75. The maximum atomic E-state index is 13.6. The van der Waals surface area contributed by atoms with Crippen LogP contribution in [0.15, 0.2) is 18.2 Å². The molecule has 1 aliphatic rings. The van der Waals surface area contributed by atoms with Gasteiger partial charge in [0.15, 0.2) is 11.6 Å². The van der Waals surface area contributed by atoms with Crippen molar-refractivity contribution in [2.75, 3.05) is 25.0 Å². The van der Waals surface area contributed by atoms with Crippen LogP contribution in [0.25, 0.3) is 0 Å². The van der Waals surface area contributed by atoms with E-state index in [2.05, 4.69) is 20.9 Å². The highest BCUT2D eigenvalue weighted by Gasteiger charge is 2.19. The molecule has 1 saturated heterocycles. The molecular formula is C15H17F3N2O. The minimum absolute atomic E-state index is 0.222. The van der Waals surface area contributed by atoms with E-state index in [9.17, 15) is 13.2 Å². The number of alkyl halides is 2. The highest BCUT2D eigenvalue weighted by molar-refractivity contribution is 5.48. The van der Waals surface area contributed by atoms with Gasteiger partial charge in [0, 0.05) is 30.9 Å². The molecule has 21 heavy (non-hydrogen) atoms. The summed E-state index contributed by atoms with van der Waals surface area (Å²) >= 11 is 0. The van der Waals surface area contributed by atoms with E-state index in [-0.39, 0.29) is 6.04 Å². The lowest BCUT2D eigenvalue weighted by atomic mass is 10.0. The van der Waals surface area contributed by atoms with E-state index < -0.39 is 18.2 Å². The van der Waals surface area contributed by atoms with Gasteiger partial charge in [0.2, 0.25) is 0 Å². The number of ether oxygens (including phenoxy) is 1. The van der Waals surface area contributed by atoms with Gasteiger partial charge in [-0.3, -0.25) is 4.90 Å². The van der Waals surface area contributed by atoms with Gasteiger partial charge in [0.25, 0.3) is 0 Å². The van der Waals surface area contributed by atoms with Crippen LogP contribution in [-0.4, -0.2) is 37.2 Å². The summed E-state index contributed by atoms with van der Waals surface area (Å²) < 4.78 is 41.8. The fraction of sp³-hybridized carbons (Fsp3) is 0.467. The molecule has 0 unspecified atom stereocenters. The zero-order valence-corrected chi connectivity index (χ0v) is 11.5. The molecule has 114 valence electrons. The van der Waals surface area contributed by atoms with E-state index in [1.54, 1.807) is 0 Å². The molecule has 0 saturated carbocycles. The van der Waals surface area contributed by atoms with Crippen LogP contribution in [-0.2, 0) is 0 Å². The van der Waals surface area contributed by atoms with Gasteiger partial charge in [-0.25, -0.2) is 4.39 Å². The highest BCUT2D eigenvalue weighted by atomic mass is 19.3. The van der Waals surface area contributed by atoms with Gasteiger partial charge in [-0.2, -0.15) is 8.78 Å². The Labute approximate surface area is 122 Å². The van der Waals surface area contributed by atoms with Crippen molar-refractivity contribution < 1.29 is 17.9 Å².